The number of benzene rings is 1. The number of amides is 1. The summed E-state index contributed by atoms with van der Waals surface area (Å²) in [5.41, 5.74) is 0.857. The van der Waals surface area contributed by atoms with Gasteiger partial charge in [0.05, 0.1) is 10.6 Å². The van der Waals surface area contributed by atoms with Gasteiger partial charge in [0.25, 0.3) is 5.91 Å². The smallest absolute Gasteiger partial charge is 0.261 e. The standard InChI is InChI=1S/C15H14N2O2S/c1-10-8-12(19-17-10)6-7-16-15(18)14-9-11-4-2-3-5-13(11)20-14/h2-5,8-9H,6-7H2,1H3,(H,16,18). The zero-order valence-electron chi connectivity index (χ0n) is 11.1. The Kier molecular flexibility index (Phi) is 3.52. The van der Waals surface area contributed by atoms with E-state index < -0.39 is 0 Å². The highest BCUT2D eigenvalue weighted by Crippen LogP contribution is 2.24. The molecule has 0 aliphatic carbocycles. The highest BCUT2D eigenvalue weighted by molar-refractivity contribution is 7.20. The van der Waals surface area contributed by atoms with Crippen molar-refractivity contribution in [1.29, 1.82) is 0 Å². The first-order valence-corrected chi connectivity index (χ1v) is 7.23. The summed E-state index contributed by atoms with van der Waals surface area (Å²) in [5, 5.41) is 7.82. The average molecular weight is 286 g/mol. The molecular weight excluding hydrogens is 272 g/mol. The van der Waals surface area contributed by atoms with E-state index in [9.17, 15) is 4.79 Å². The van der Waals surface area contributed by atoms with Gasteiger partial charge in [0.1, 0.15) is 5.76 Å². The molecule has 102 valence electrons. The molecule has 1 aromatic carbocycles. The molecule has 0 saturated heterocycles. The summed E-state index contributed by atoms with van der Waals surface area (Å²) >= 11 is 1.51. The van der Waals surface area contributed by atoms with Crippen LogP contribution in [0.2, 0.25) is 0 Å². The molecule has 0 bridgehead atoms. The Labute approximate surface area is 120 Å². The lowest BCUT2D eigenvalue weighted by atomic mass is 10.2. The van der Waals surface area contributed by atoms with Crippen LogP contribution < -0.4 is 5.32 Å². The van der Waals surface area contributed by atoms with E-state index in [4.69, 9.17) is 4.52 Å². The van der Waals surface area contributed by atoms with Crippen LogP contribution in [0.15, 0.2) is 40.9 Å². The number of nitrogens with one attached hydrogen (secondary N) is 1. The second-order valence-corrected chi connectivity index (χ2v) is 5.67. The minimum Gasteiger partial charge on any atom is -0.361 e. The largest absolute Gasteiger partial charge is 0.361 e. The van der Waals surface area contributed by atoms with Crippen LogP contribution in [0.3, 0.4) is 0 Å². The third-order valence-electron chi connectivity index (χ3n) is 2.98. The normalized spacial score (nSPS) is 10.8. The molecule has 3 rings (SSSR count). The maximum Gasteiger partial charge on any atom is 0.261 e. The van der Waals surface area contributed by atoms with Gasteiger partial charge < -0.3 is 9.84 Å². The van der Waals surface area contributed by atoms with Crippen molar-refractivity contribution < 1.29 is 9.32 Å². The molecule has 1 N–H and O–H groups in total. The van der Waals surface area contributed by atoms with E-state index in [1.165, 1.54) is 11.3 Å². The summed E-state index contributed by atoms with van der Waals surface area (Å²) in [5.74, 6) is 0.751. The molecule has 2 heterocycles. The van der Waals surface area contributed by atoms with E-state index in [-0.39, 0.29) is 5.91 Å². The van der Waals surface area contributed by atoms with Crippen LogP contribution in [0.4, 0.5) is 0 Å². The maximum absolute atomic E-state index is 12.1. The lowest BCUT2D eigenvalue weighted by molar-refractivity contribution is 0.0957. The molecule has 0 saturated carbocycles. The topological polar surface area (TPSA) is 55.1 Å². The fourth-order valence-electron chi connectivity index (χ4n) is 2.01. The molecule has 4 nitrogen and oxygen atoms in total. The first-order valence-electron chi connectivity index (χ1n) is 6.41. The minimum absolute atomic E-state index is 0.0394. The van der Waals surface area contributed by atoms with Crippen molar-refractivity contribution in [3.05, 3.63) is 52.7 Å². The number of carbonyl (C=O) groups is 1. The second-order valence-electron chi connectivity index (χ2n) is 4.59. The third-order valence-corrected chi connectivity index (χ3v) is 4.10. The van der Waals surface area contributed by atoms with Crippen LogP contribution in [-0.4, -0.2) is 17.6 Å². The van der Waals surface area contributed by atoms with Crippen LogP contribution in [0.5, 0.6) is 0 Å². The van der Waals surface area contributed by atoms with Crippen LogP contribution in [0, 0.1) is 6.92 Å². The Morgan fingerprint density at radius 3 is 2.95 bits per heavy atom. The Hall–Kier alpha value is -2.14. The zero-order chi connectivity index (χ0) is 13.9. The van der Waals surface area contributed by atoms with E-state index in [1.54, 1.807) is 0 Å². The van der Waals surface area contributed by atoms with Crippen LogP contribution >= 0.6 is 11.3 Å². The molecule has 0 aliphatic heterocycles. The monoisotopic (exact) mass is 286 g/mol. The van der Waals surface area contributed by atoms with Gasteiger partial charge in [0.2, 0.25) is 0 Å². The third kappa shape index (κ3) is 2.72. The molecular formula is C15H14N2O2S. The number of fused-ring (bicyclic) bond motifs is 1. The van der Waals surface area contributed by atoms with Crippen LogP contribution in [-0.2, 0) is 6.42 Å². The summed E-state index contributed by atoms with van der Waals surface area (Å²) in [4.78, 5) is 12.8. The van der Waals surface area contributed by atoms with Crippen molar-refractivity contribution in [3.8, 4) is 0 Å². The molecule has 0 spiro atoms. The number of hydrogen-bond acceptors (Lipinski definition) is 4. The van der Waals surface area contributed by atoms with E-state index in [2.05, 4.69) is 10.5 Å². The number of aryl methyl sites for hydroxylation is 1. The van der Waals surface area contributed by atoms with Crippen molar-refractivity contribution >= 4 is 27.3 Å². The molecule has 20 heavy (non-hydrogen) atoms. The maximum atomic E-state index is 12.1. The van der Waals surface area contributed by atoms with E-state index >= 15 is 0 Å². The Morgan fingerprint density at radius 1 is 1.35 bits per heavy atom. The molecule has 0 unspecified atom stereocenters. The minimum atomic E-state index is -0.0394. The molecule has 0 radical (unpaired) electrons. The average Bonchev–Trinajstić information content (AvgIpc) is 3.04. The number of hydrogen-bond donors (Lipinski definition) is 1. The number of nitrogens with zero attached hydrogens (tertiary/aromatic N) is 1. The highest BCUT2D eigenvalue weighted by Gasteiger charge is 2.10. The van der Waals surface area contributed by atoms with Gasteiger partial charge in [0.15, 0.2) is 0 Å². The summed E-state index contributed by atoms with van der Waals surface area (Å²) in [6, 6.07) is 11.8. The number of rotatable bonds is 4. The fraction of sp³-hybridized carbons (Fsp3) is 0.200. The van der Waals surface area contributed by atoms with Crippen LogP contribution in [0.25, 0.3) is 10.1 Å². The van der Waals surface area contributed by atoms with Gasteiger partial charge in [-0.15, -0.1) is 11.3 Å². The molecule has 2 aromatic heterocycles. The fourth-order valence-corrected chi connectivity index (χ4v) is 2.99. The van der Waals surface area contributed by atoms with Crippen LogP contribution in [0.1, 0.15) is 21.1 Å². The van der Waals surface area contributed by atoms with Crippen molar-refractivity contribution in [3.63, 3.8) is 0 Å². The molecule has 1 amide bonds. The lowest BCUT2D eigenvalue weighted by Gasteiger charge is -2.00. The lowest BCUT2D eigenvalue weighted by Crippen LogP contribution is -2.24. The van der Waals surface area contributed by atoms with E-state index in [1.807, 2.05) is 43.3 Å². The van der Waals surface area contributed by atoms with Crippen molar-refractivity contribution in [2.45, 2.75) is 13.3 Å². The van der Waals surface area contributed by atoms with Crippen molar-refractivity contribution in [2.24, 2.45) is 0 Å². The second kappa shape index (κ2) is 5.46. The number of thiophene rings is 1. The summed E-state index contributed by atoms with van der Waals surface area (Å²) < 4.78 is 6.23. The molecule has 0 fully saturated rings. The van der Waals surface area contributed by atoms with Gasteiger partial charge >= 0.3 is 0 Å². The first-order chi connectivity index (χ1) is 9.72. The summed E-state index contributed by atoms with van der Waals surface area (Å²) in [7, 11) is 0. The summed E-state index contributed by atoms with van der Waals surface area (Å²) in [6.07, 6.45) is 0.650. The SMILES string of the molecule is Cc1cc(CCNC(=O)c2cc3ccccc3s2)on1. The van der Waals surface area contributed by atoms with E-state index in [0.717, 1.165) is 26.4 Å². The zero-order valence-corrected chi connectivity index (χ0v) is 11.9. The van der Waals surface area contributed by atoms with Gasteiger partial charge in [-0.05, 0) is 24.4 Å². The number of aromatic nitrogens is 1. The molecule has 0 aliphatic rings. The van der Waals surface area contributed by atoms with Crippen molar-refractivity contribution in [2.75, 3.05) is 6.54 Å². The molecule has 3 aromatic rings. The predicted molar refractivity (Wildman–Crippen MR) is 79.1 cm³/mol. The first kappa shape index (κ1) is 12.9. The molecule has 0 atom stereocenters. The van der Waals surface area contributed by atoms with Crippen molar-refractivity contribution in [1.82, 2.24) is 10.5 Å². The Morgan fingerprint density at radius 2 is 2.20 bits per heavy atom. The predicted octanol–water partition coefficient (Wildman–Crippen LogP) is 3.17. The summed E-state index contributed by atoms with van der Waals surface area (Å²) in [6.45, 7) is 2.42. The van der Waals surface area contributed by atoms with Gasteiger partial charge in [-0.2, -0.15) is 0 Å². The quantitative estimate of drug-likeness (QED) is 0.801. The Bertz CT molecular complexity index is 712. The van der Waals surface area contributed by atoms with Gasteiger partial charge in [-0.3, -0.25) is 4.79 Å². The van der Waals surface area contributed by atoms with Gasteiger partial charge in [-0.25, -0.2) is 0 Å². The highest BCUT2D eigenvalue weighted by atomic mass is 32.1. The Balaban J connectivity index is 1.61. The van der Waals surface area contributed by atoms with Gasteiger partial charge in [0, 0.05) is 23.7 Å². The molecule has 5 heteroatoms. The van der Waals surface area contributed by atoms with E-state index in [0.29, 0.717) is 13.0 Å². The number of carbonyl (C=O) groups excluding carboxylic acids is 1. The van der Waals surface area contributed by atoms with Gasteiger partial charge in [-0.1, -0.05) is 23.4 Å².